The lowest BCUT2D eigenvalue weighted by Gasteiger charge is -2.04. The summed E-state index contributed by atoms with van der Waals surface area (Å²) >= 11 is 0. The molecule has 1 heterocycles. The second-order valence-electron chi connectivity index (χ2n) is 3.62. The molecule has 0 amide bonds. The topological polar surface area (TPSA) is 30.7 Å². The minimum Gasteiger partial charge on any atom is -0.242 e. The molecule has 2 rings (SSSR count). The Bertz CT molecular complexity index is 429. The highest BCUT2D eigenvalue weighted by Crippen LogP contribution is 2.16. The first-order valence-electron chi connectivity index (χ1n) is 4.50. The molecule has 3 heteroatoms. The van der Waals surface area contributed by atoms with E-state index in [0.717, 1.165) is 11.0 Å². The molecule has 1 aromatic heterocycles. The third kappa shape index (κ3) is 1.30. The molecule has 0 saturated heterocycles. The first kappa shape index (κ1) is 8.23. The molecule has 0 unspecified atom stereocenters. The van der Waals surface area contributed by atoms with Crippen LogP contribution in [-0.4, -0.2) is 15.0 Å². The second kappa shape index (κ2) is 2.83. The predicted octanol–water partition coefficient (Wildman–Crippen LogP) is 2.32. The Balaban J connectivity index is 2.71. The highest BCUT2D eigenvalue weighted by molar-refractivity contribution is 5.75. The van der Waals surface area contributed by atoms with E-state index >= 15 is 0 Å². The molecule has 0 saturated carbocycles. The number of fused-ring (bicyclic) bond motifs is 1. The van der Waals surface area contributed by atoms with Gasteiger partial charge in [0.05, 0.1) is 5.52 Å². The largest absolute Gasteiger partial charge is 0.242 e. The van der Waals surface area contributed by atoms with E-state index in [1.165, 1.54) is 5.56 Å². The first-order chi connectivity index (χ1) is 6.18. The summed E-state index contributed by atoms with van der Waals surface area (Å²) in [7, 11) is 0. The average Bonchev–Trinajstić information content (AvgIpc) is 2.46. The van der Waals surface area contributed by atoms with Gasteiger partial charge in [-0.05, 0) is 38.5 Å². The normalized spacial score (nSPS) is 11.4. The lowest BCUT2D eigenvalue weighted by Crippen LogP contribution is -2.02. The third-order valence-electron chi connectivity index (χ3n) is 2.12. The Labute approximate surface area is 77.4 Å². The molecule has 0 atom stereocenters. The fourth-order valence-corrected chi connectivity index (χ4v) is 1.43. The van der Waals surface area contributed by atoms with Gasteiger partial charge in [0.25, 0.3) is 0 Å². The fourth-order valence-electron chi connectivity index (χ4n) is 1.43. The summed E-state index contributed by atoms with van der Waals surface area (Å²) in [6, 6.07) is 6.56. The SMILES string of the molecule is Cc1ccc2nnn(C(C)C)c2c1. The van der Waals surface area contributed by atoms with Gasteiger partial charge in [-0.15, -0.1) is 5.10 Å². The van der Waals surface area contributed by atoms with Crippen LogP contribution in [0.5, 0.6) is 0 Å². The van der Waals surface area contributed by atoms with E-state index in [2.05, 4.69) is 43.2 Å². The van der Waals surface area contributed by atoms with Crippen molar-refractivity contribution in [2.45, 2.75) is 26.8 Å². The molecule has 3 nitrogen and oxygen atoms in total. The van der Waals surface area contributed by atoms with Crippen molar-refractivity contribution in [3.63, 3.8) is 0 Å². The van der Waals surface area contributed by atoms with Gasteiger partial charge in [-0.25, -0.2) is 4.68 Å². The van der Waals surface area contributed by atoms with E-state index in [4.69, 9.17) is 0 Å². The van der Waals surface area contributed by atoms with E-state index in [1.54, 1.807) is 0 Å². The van der Waals surface area contributed by atoms with Crippen LogP contribution in [-0.2, 0) is 0 Å². The zero-order chi connectivity index (χ0) is 9.42. The van der Waals surface area contributed by atoms with Gasteiger partial charge in [0, 0.05) is 6.04 Å². The predicted molar refractivity (Wildman–Crippen MR) is 52.7 cm³/mol. The summed E-state index contributed by atoms with van der Waals surface area (Å²) in [4.78, 5) is 0. The van der Waals surface area contributed by atoms with Crippen molar-refractivity contribution in [3.05, 3.63) is 23.8 Å². The maximum absolute atomic E-state index is 4.10. The van der Waals surface area contributed by atoms with Gasteiger partial charge in [0.2, 0.25) is 0 Å². The number of hydrogen-bond donors (Lipinski definition) is 0. The smallest absolute Gasteiger partial charge is 0.113 e. The van der Waals surface area contributed by atoms with Gasteiger partial charge in [0.15, 0.2) is 0 Å². The third-order valence-corrected chi connectivity index (χ3v) is 2.12. The lowest BCUT2D eigenvalue weighted by molar-refractivity contribution is 0.530. The van der Waals surface area contributed by atoms with Gasteiger partial charge in [-0.3, -0.25) is 0 Å². The molecular weight excluding hydrogens is 162 g/mol. The Morgan fingerprint density at radius 1 is 1.31 bits per heavy atom. The average molecular weight is 175 g/mol. The lowest BCUT2D eigenvalue weighted by atomic mass is 10.2. The van der Waals surface area contributed by atoms with Crippen molar-refractivity contribution in [2.24, 2.45) is 0 Å². The molecule has 0 N–H and O–H groups in total. The minimum atomic E-state index is 0.367. The summed E-state index contributed by atoms with van der Waals surface area (Å²) in [6.07, 6.45) is 0. The first-order valence-corrected chi connectivity index (χ1v) is 4.50. The number of aromatic nitrogens is 3. The molecule has 0 spiro atoms. The van der Waals surface area contributed by atoms with Crippen molar-refractivity contribution in [1.82, 2.24) is 15.0 Å². The standard InChI is InChI=1S/C10H13N3/c1-7(2)13-10-6-8(3)4-5-9(10)11-12-13/h4-7H,1-3H3. The van der Waals surface area contributed by atoms with Crippen LogP contribution in [0.3, 0.4) is 0 Å². The molecule has 0 bridgehead atoms. The van der Waals surface area contributed by atoms with Crippen molar-refractivity contribution < 1.29 is 0 Å². The summed E-state index contributed by atoms with van der Waals surface area (Å²) in [6.45, 7) is 6.30. The molecule has 0 aliphatic heterocycles. The molecule has 2 aromatic rings. The number of benzene rings is 1. The molecule has 0 aliphatic rings. The maximum Gasteiger partial charge on any atom is 0.113 e. The van der Waals surface area contributed by atoms with Gasteiger partial charge < -0.3 is 0 Å². The van der Waals surface area contributed by atoms with Crippen LogP contribution in [0.2, 0.25) is 0 Å². The Morgan fingerprint density at radius 3 is 2.77 bits per heavy atom. The molecule has 1 aromatic carbocycles. The van der Waals surface area contributed by atoms with Gasteiger partial charge >= 0.3 is 0 Å². The quantitative estimate of drug-likeness (QED) is 0.666. The molecule has 0 aliphatic carbocycles. The number of nitrogens with zero attached hydrogens (tertiary/aromatic N) is 3. The Kier molecular flexibility index (Phi) is 1.79. The van der Waals surface area contributed by atoms with Crippen molar-refractivity contribution in [2.75, 3.05) is 0 Å². The number of rotatable bonds is 1. The molecule has 0 fully saturated rings. The van der Waals surface area contributed by atoms with E-state index in [-0.39, 0.29) is 0 Å². The maximum atomic E-state index is 4.10. The second-order valence-corrected chi connectivity index (χ2v) is 3.62. The molecular formula is C10H13N3. The number of hydrogen-bond acceptors (Lipinski definition) is 2. The Morgan fingerprint density at radius 2 is 2.08 bits per heavy atom. The van der Waals surface area contributed by atoms with Crippen LogP contribution < -0.4 is 0 Å². The van der Waals surface area contributed by atoms with Crippen LogP contribution in [0.4, 0.5) is 0 Å². The highest BCUT2D eigenvalue weighted by Gasteiger charge is 2.06. The summed E-state index contributed by atoms with van der Waals surface area (Å²) in [5, 5.41) is 8.20. The fraction of sp³-hybridized carbons (Fsp3) is 0.400. The molecule has 13 heavy (non-hydrogen) atoms. The van der Waals surface area contributed by atoms with Crippen molar-refractivity contribution >= 4 is 11.0 Å². The highest BCUT2D eigenvalue weighted by atomic mass is 15.4. The Hall–Kier alpha value is -1.38. The van der Waals surface area contributed by atoms with Gasteiger partial charge in [-0.2, -0.15) is 0 Å². The van der Waals surface area contributed by atoms with Crippen LogP contribution in [0.1, 0.15) is 25.5 Å². The minimum absolute atomic E-state index is 0.367. The summed E-state index contributed by atoms with van der Waals surface area (Å²) in [5.41, 5.74) is 3.34. The number of aryl methyl sites for hydroxylation is 1. The van der Waals surface area contributed by atoms with Crippen LogP contribution >= 0.6 is 0 Å². The van der Waals surface area contributed by atoms with E-state index < -0.39 is 0 Å². The summed E-state index contributed by atoms with van der Waals surface area (Å²) in [5.74, 6) is 0. The van der Waals surface area contributed by atoms with Gasteiger partial charge in [-0.1, -0.05) is 11.3 Å². The van der Waals surface area contributed by atoms with Crippen LogP contribution in [0.15, 0.2) is 18.2 Å². The molecule has 68 valence electrons. The van der Waals surface area contributed by atoms with Crippen molar-refractivity contribution in [1.29, 1.82) is 0 Å². The van der Waals surface area contributed by atoms with E-state index in [1.807, 2.05) is 10.7 Å². The van der Waals surface area contributed by atoms with E-state index in [9.17, 15) is 0 Å². The summed E-state index contributed by atoms with van der Waals surface area (Å²) < 4.78 is 1.95. The van der Waals surface area contributed by atoms with Crippen LogP contribution in [0.25, 0.3) is 11.0 Å². The van der Waals surface area contributed by atoms with Crippen LogP contribution in [0, 0.1) is 6.92 Å². The molecule has 0 radical (unpaired) electrons. The zero-order valence-corrected chi connectivity index (χ0v) is 8.15. The van der Waals surface area contributed by atoms with E-state index in [0.29, 0.717) is 6.04 Å². The van der Waals surface area contributed by atoms with Crippen molar-refractivity contribution in [3.8, 4) is 0 Å². The monoisotopic (exact) mass is 175 g/mol. The zero-order valence-electron chi connectivity index (χ0n) is 8.15. The van der Waals surface area contributed by atoms with Gasteiger partial charge in [0.1, 0.15) is 5.52 Å².